The normalized spacial score (nSPS) is 19.1. The SMILES string of the molecule is C=CCN(CCC)C1CCc2ccccc2C1. The molecule has 0 spiro atoms. The first-order valence-electron chi connectivity index (χ1n) is 6.77. The van der Waals surface area contributed by atoms with Crippen molar-refractivity contribution in [3.8, 4) is 0 Å². The molecule has 1 aromatic rings. The summed E-state index contributed by atoms with van der Waals surface area (Å²) in [6.45, 7) is 8.36. The van der Waals surface area contributed by atoms with Gasteiger partial charge in [0.2, 0.25) is 0 Å². The lowest BCUT2D eigenvalue weighted by molar-refractivity contribution is 0.199. The molecule has 1 aliphatic carbocycles. The second-order valence-corrected chi connectivity index (χ2v) is 4.95. The van der Waals surface area contributed by atoms with Crippen molar-refractivity contribution in [3.05, 3.63) is 48.0 Å². The van der Waals surface area contributed by atoms with Gasteiger partial charge < -0.3 is 0 Å². The van der Waals surface area contributed by atoms with Crippen LogP contribution >= 0.6 is 0 Å². The molecule has 0 N–H and O–H groups in total. The molecule has 1 aliphatic rings. The molecule has 1 heteroatoms. The van der Waals surface area contributed by atoms with Crippen LogP contribution in [0.5, 0.6) is 0 Å². The van der Waals surface area contributed by atoms with Gasteiger partial charge in [-0.3, -0.25) is 4.90 Å². The maximum Gasteiger partial charge on any atom is 0.0163 e. The third kappa shape index (κ3) is 2.98. The highest BCUT2D eigenvalue weighted by atomic mass is 15.1. The Hall–Kier alpha value is -1.08. The van der Waals surface area contributed by atoms with E-state index >= 15 is 0 Å². The lowest BCUT2D eigenvalue weighted by Gasteiger charge is -2.34. The van der Waals surface area contributed by atoms with E-state index in [1.54, 1.807) is 11.1 Å². The average Bonchev–Trinajstić information content (AvgIpc) is 2.38. The van der Waals surface area contributed by atoms with Gasteiger partial charge in [0.25, 0.3) is 0 Å². The van der Waals surface area contributed by atoms with Crippen LogP contribution < -0.4 is 0 Å². The molecule has 0 aliphatic heterocycles. The molecule has 1 atom stereocenters. The van der Waals surface area contributed by atoms with Crippen molar-refractivity contribution in [3.63, 3.8) is 0 Å². The molecule has 0 radical (unpaired) electrons. The Bertz CT molecular complexity index is 370. The highest BCUT2D eigenvalue weighted by Gasteiger charge is 2.22. The van der Waals surface area contributed by atoms with E-state index in [2.05, 4.69) is 42.7 Å². The van der Waals surface area contributed by atoms with Gasteiger partial charge in [-0.2, -0.15) is 0 Å². The summed E-state index contributed by atoms with van der Waals surface area (Å²) in [5.41, 5.74) is 3.10. The summed E-state index contributed by atoms with van der Waals surface area (Å²) in [5, 5.41) is 0. The van der Waals surface area contributed by atoms with Crippen molar-refractivity contribution in [2.45, 2.75) is 38.6 Å². The van der Waals surface area contributed by atoms with E-state index in [0.717, 1.165) is 6.54 Å². The zero-order valence-corrected chi connectivity index (χ0v) is 10.9. The fraction of sp³-hybridized carbons (Fsp3) is 0.500. The van der Waals surface area contributed by atoms with Gasteiger partial charge in [0, 0.05) is 12.6 Å². The Morgan fingerprint density at radius 1 is 1.35 bits per heavy atom. The Balaban J connectivity index is 2.07. The molecule has 0 saturated carbocycles. The van der Waals surface area contributed by atoms with Gasteiger partial charge >= 0.3 is 0 Å². The van der Waals surface area contributed by atoms with Gasteiger partial charge in [-0.25, -0.2) is 0 Å². The van der Waals surface area contributed by atoms with E-state index < -0.39 is 0 Å². The second kappa shape index (κ2) is 6.02. The van der Waals surface area contributed by atoms with Gasteiger partial charge in [-0.05, 0) is 43.4 Å². The van der Waals surface area contributed by atoms with E-state index in [-0.39, 0.29) is 0 Å². The van der Waals surface area contributed by atoms with E-state index in [0.29, 0.717) is 6.04 Å². The minimum Gasteiger partial charge on any atom is -0.296 e. The third-order valence-corrected chi connectivity index (χ3v) is 3.71. The molecule has 0 fully saturated rings. The molecule has 92 valence electrons. The maximum absolute atomic E-state index is 3.88. The van der Waals surface area contributed by atoms with Crippen molar-refractivity contribution in [1.29, 1.82) is 0 Å². The van der Waals surface area contributed by atoms with E-state index in [4.69, 9.17) is 0 Å². The quantitative estimate of drug-likeness (QED) is 0.699. The monoisotopic (exact) mass is 229 g/mol. The van der Waals surface area contributed by atoms with E-state index in [9.17, 15) is 0 Å². The van der Waals surface area contributed by atoms with Crippen LogP contribution in [0.4, 0.5) is 0 Å². The van der Waals surface area contributed by atoms with Crippen LogP contribution in [-0.4, -0.2) is 24.0 Å². The van der Waals surface area contributed by atoms with Gasteiger partial charge in [0.05, 0.1) is 0 Å². The smallest absolute Gasteiger partial charge is 0.0163 e. The Morgan fingerprint density at radius 3 is 2.82 bits per heavy atom. The number of aryl methyl sites for hydroxylation is 1. The van der Waals surface area contributed by atoms with Crippen molar-refractivity contribution in [2.24, 2.45) is 0 Å². The highest BCUT2D eigenvalue weighted by molar-refractivity contribution is 5.30. The lowest BCUT2D eigenvalue weighted by Crippen LogP contribution is -2.39. The summed E-state index contributed by atoms with van der Waals surface area (Å²) in [6.07, 6.45) is 7.01. The van der Waals surface area contributed by atoms with Crippen LogP contribution in [0.15, 0.2) is 36.9 Å². The minimum absolute atomic E-state index is 0.711. The first-order valence-corrected chi connectivity index (χ1v) is 6.77. The minimum atomic E-state index is 0.711. The van der Waals surface area contributed by atoms with Crippen LogP contribution in [0.25, 0.3) is 0 Å². The molecule has 2 rings (SSSR count). The van der Waals surface area contributed by atoms with Crippen molar-refractivity contribution in [1.82, 2.24) is 4.90 Å². The fourth-order valence-corrected chi connectivity index (χ4v) is 2.87. The maximum atomic E-state index is 3.88. The second-order valence-electron chi connectivity index (χ2n) is 4.95. The highest BCUT2D eigenvalue weighted by Crippen LogP contribution is 2.24. The number of fused-ring (bicyclic) bond motifs is 1. The molecule has 1 unspecified atom stereocenters. The van der Waals surface area contributed by atoms with Gasteiger partial charge in [0.1, 0.15) is 0 Å². The number of nitrogens with zero attached hydrogens (tertiary/aromatic N) is 1. The molecule has 0 aromatic heterocycles. The summed E-state index contributed by atoms with van der Waals surface area (Å²) >= 11 is 0. The van der Waals surface area contributed by atoms with Gasteiger partial charge in [-0.15, -0.1) is 6.58 Å². The van der Waals surface area contributed by atoms with Crippen molar-refractivity contribution < 1.29 is 0 Å². The molecule has 0 heterocycles. The van der Waals surface area contributed by atoms with Crippen LogP contribution in [0.3, 0.4) is 0 Å². The molecule has 0 bridgehead atoms. The zero-order valence-electron chi connectivity index (χ0n) is 10.9. The summed E-state index contributed by atoms with van der Waals surface area (Å²) in [7, 11) is 0. The number of benzene rings is 1. The molecular weight excluding hydrogens is 206 g/mol. The Morgan fingerprint density at radius 2 is 2.12 bits per heavy atom. The molecule has 1 nitrogen and oxygen atoms in total. The van der Waals surface area contributed by atoms with Gasteiger partial charge in [-0.1, -0.05) is 37.3 Å². The lowest BCUT2D eigenvalue weighted by atomic mass is 9.87. The van der Waals surface area contributed by atoms with Crippen LogP contribution in [0.1, 0.15) is 30.9 Å². The average molecular weight is 229 g/mol. The van der Waals surface area contributed by atoms with Gasteiger partial charge in [0.15, 0.2) is 0 Å². The number of rotatable bonds is 5. The summed E-state index contributed by atoms with van der Waals surface area (Å²) < 4.78 is 0. The Kier molecular flexibility index (Phi) is 4.38. The zero-order chi connectivity index (χ0) is 12.1. The van der Waals surface area contributed by atoms with Crippen LogP contribution in [0.2, 0.25) is 0 Å². The summed E-state index contributed by atoms with van der Waals surface area (Å²) in [6, 6.07) is 9.61. The molecule has 1 aromatic carbocycles. The summed E-state index contributed by atoms with van der Waals surface area (Å²) in [4.78, 5) is 2.59. The van der Waals surface area contributed by atoms with E-state index in [1.165, 1.54) is 32.2 Å². The van der Waals surface area contributed by atoms with Crippen molar-refractivity contribution >= 4 is 0 Å². The van der Waals surface area contributed by atoms with Crippen molar-refractivity contribution in [2.75, 3.05) is 13.1 Å². The van der Waals surface area contributed by atoms with Crippen LogP contribution in [-0.2, 0) is 12.8 Å². The first-order chi connectivity index (χ1) is 8.35. The first kappa shape index (κ1) is 12.4. The molecular formula is C16H23N. The number of hydrogen-bond acceptors (Lipinski definition) is 1. The largest absolute Gasteiger partial charge is 0.296 e. The predicted octanol–water partition coefficient (Wildman–Crippen LogP) is 3.44. The summed E-state index contributed by atoms with van der Waals surface area (Å²) in [5.74, 6) is 0. The third-order valence-electron chi connectivity index (χ3n) is 3.71. The molecule has 0 saturated heterocycles. The van der Waals surface area contributed by atoms with Crippen LogP contribution in [0, 0.1) is 0 Å². The standard InChI is InChI=1S/C16H23N/c1-3-11-17(12-4-2)16-10-9-14-7-5-6-8-15(14)13-16/h3,5-8,16H,1,4,9-13H2,2H3. The molecule has 17 heavy (non-hydrogen) atoms. The predicted molar refractivity (Wildman–Crippen MR) is 74.3 cm³/mol. The molecule has 0 amide bonds. The Labute approximate surface area is 105 Å². The fourth-order valence-electron chi connectivity index (χ4n) is 2.87. The number of hydrogen-bond donors (Lipinski definition) is 0. The topological polar surface area (TPSA) is 3.24 Å². The van der Waals surface area contributed by atoms with E-state index in [1.807, 2.05) is 6.08 Å².